The number of hydrogen-bond donors (Lipinski definition) is 1. The molecule has 4 rings (SSSR count). The lowest BCUT2D eigenvalue weighted by Crippen LogP contribution is -2.35. The van der Waals surface area contributed by atoms with Crippen LogP contribution in [0.4, 0.5) is 11.4 Å². The smallest absolute Gasteiger partial charge is 0.264 e. The second-order valence-corrected chi connectivity index (χ2v) is 9.37. The lowest BCUT2D eigenvalue weighted by Gasteiger charge is -2.30. The maximum absolute atomic E-state index is 13.2. The summed E-state index contributed by atoms with van der Waals surface area (Å²) in [5.41, 5.74) is 9.32. The van der Waals surface area contributed by atoms with Crippen molar-refractivity contribution in [2.45, 2.75) is 9.79 Å². The second-order valence-electron chi connectivity index (χ2n) is 6.37. The summed E-state index contributed by atoms with van der Waals surface area (Å²) in [4.78, 5) is 1.16. The Bertz CT molecular complexity index is 1170. The van der Waals surface area contributed by atoms with E-state index in [-0.39, 0.29) is 4.90 Å². The number of hydrogen-bond acceptors (Lipinski definition) is 5. The fourth-order valence-electron chi connectivity index (χ4n) is 3.13. The first kappa shape index (κ1) is 18.4. The van der Waals surface area contributed by atoms with Gasteiger partial charge in [-0.2, -0.15) is 5.26 Å². The second kappa shape index (κ2) is 7.23. The topological polar surface area (TPSA) is 87.2 Å². The van der Waals surface area contributed by atoms with Crippen LogP contribution in [0.2, 0.25) is 0 Å². The summed E-state index contributed by atoms with van der Waals surface area (Å²) in [5.74, 6) is 0.692. The molecule has 7 heteroatoms. The quantitative estimate of drug-likeness (QED) is 0.660. The van der Waals surface area contributed by atoms with Crippen molar-refractivity contribution in [3.05, 3.63) is 72.3 Å². The first-order valence-electron chi connectivity index (χ1n) is 8.65. The number of anilines is 2. The van der Waals surface area contributed by atoms with Gasteiger partial charge in [-0.15, -0.1) is 11.8 Å². The van der Waals surface area contributed by atoms with Gasteiger partial charge in [0.2, 0.25) is 0 Å². The molecule has 1 aliphatic heterocycles. The fourth-order valence-corrected chi connectivity index (χ4v) is 5.75. The van der Waals surface area contributed by atoms with Crippen LogP contribution in [0.15, 0.2) is 76.5 Å². The first-order valence-corrected chi connectivity index (χ1v) is 11.1. The zero-order chi connectivity index (χ0) is 19.7. The average Bonchev–Trinajstić information content (AvgIpc) is 2.73. The normalized spacial score (nSPS) is 13.6. The van der Waals surface area contributed by atoms with Gasteiger partial charge in [-0.05, 0) is 59.7 Å². The third-order valence-electron chi connectivity index (χ3n) is 4.60. The largest absolute Gasteiger partial charge is 0.399 e. The van der Waals surface area contributed by atoms with Crippen LogP contribution < -0.4 is 10.0 Å². The van der Waals surface area contributed by atoms with Crippen LogP contribution in [0.3, 0.4) is 0 Å². The predicted octanol–water partition coefficient (Wildman–Crippen LogP) is 4.11. The van der Waals surface area contributed by atoms with E-state index in [1.54, 1.807) is 36.0 Å². The number of rotatable bonds is 3. The molecule has 3 aromatic rings. The predicted molar refractivity (Wildman–Crippen MR) is 113 cm³/mol. The summed E-state index contributed by atoms with van der Waals surface area (Å²) >= 11 is 1.65. The zero-order valence-electron chi connectivity index (χ0n) is 14.9. The van der Waals surface area contributed by atoms with Crippen LogP contribution in [0.5, 0.6) is 0 Å². The fraction of sp³-hybridized carbons (Fsp3) is 0.0952. The molecule has 3 aromatic carbocycles. The third kappa shape index (κ3) is 3.33. The van der Waals surface area contributed by atoms with Gasteiger partial charge >= 0.3 is 0 Å². The summed E-state index contributed by atoms with van der Waals surface area (Å²) in [5, 5.41) is 8.97. The molecule has 0 saturated heterocycles. The van der Waals surface area contributed by atoms with Crippen LogP contribution in [-0.4, -0.2) is 20.7 Å². The van der Waals surface area contributed by atoms with Crippen LogP contribution in [0, 0.1) is 11.3 Å². The Morgan fingerprint density at radius 1 is 0.964 bits per heavy atom. The highest BCUT2D eigenvalue weighted by atomic mass is 32.2. The van der Waals surface area contributed by atoms with Gasteiger partial charge in [0.25, 0.3) is 10.0 Å². The molecular formula is C21H17N3O2S2. The maximum Gasteiger partial charge on any atom is 0.264 e. The number of nitriles is 1. The molecule has 0 spiro atoms. The van der Waals surface area contributed by atoms with Gasteiger partial charge in [0, 0.05) is 22.9 Å². The molecule has 0 amide bonds. The van der Waals surface area contributed by atoms with Gasteiger partial charge < -0.3 is 5.73 Å². The summed E-state index contributed by atoms with van der Waals surface area (Å²) in [6.45, 7) is 0.404. The SMILES string of the molecule is N#Cc1ccc(-c2ccc3c(c2)N(S(=O)(=O)c2ccc(N)cc2)CCS3)cc1. The number of nitrogens with zero attached hydrogens (tertiary/aromatic N) is 2. The first-order chi connectivity index (χ1) is 13.5. The van der Waals surface area contributed by atoms with E-state index in [4.69, 9.17) is 11.0 Å². The van der Waals surface area contributed by atoms with E-state index >= 15 is 0 Å². The van der Waals surface area contributed by atoms with Gasteiger partial charge in [0.15, 0.2) is 0 Å². The Labute approximate surface area is 168 Å². The highest BCUT2D eigenvalue weighted by Crippen LogP contribution is 2.40. The van der Waals surface area contributed by atoms with Gasteiger partial charge in [0.05, 0.1) is 22.2 Å². The minimum Gasteiger partial charge on any atom is -0.399 e. The highest BCUT2D eigenvalue weighted by molar-refractivity contribution is 8.00. The summed E-state index contributed by atoms with van der Waals surface area (Å²) in [6, 6.07) is 21.5. The number of nitrogen functional groups attached to an aromatic ring is 1. The number of thioether (sulfide) groups is 1. The molecule has 0 radical (unpaired) electrons. The van der Waals surface area contributed by atoms with E-state index in [1.807, 2.05) is 30.3 Å². The van der Waals surface area contributed by atoms with E-state index in [9.17, 15) is 8.42 Å². The van der Waals surface area contributed by atoms with E-state index in [0.717, 1.165) is 16.0 Å². The molecule has 1 heterocycles. The van der Waals surface area contributed by atoms with E-state index in [0.29, 0.717) is 29.2 Å². The van der Waals surface area contributed by atoms with Gasteiger partial charge in [0.1, 0.15) is 0 Å². The monoisotopic (exact) mass is 407 g/mol. The molecule has 0 fully saturated rings. The Balaban J connectivity index is 1.77. The third-order valence-corrected chi connectivity index (χ3v) is 7.47. The molecular weight excluding hydrogens is 390 g/mol. The van der Waals surface area contributed by atoms with Crippen LogP contribution in [0.25, 0.3) is 11.1 Å². The molecule has 0 saturated carbocycles. The van der Waals surface area contributed by atoms with Crippen molar-refractivity contribution < 1.29 is 8.42 Å². The molecule has 140 valence electrons. The molecule has 0 aliphatic carbocycles. The maximum atomic E-state index is 13.2. The van der Waals surface area contributed by atoms with Crippen molar-refractivity contribution >= 4 is 33.2 Å². The van der Waals surface area contributed by atoms with Crippen molar-refractivity contribution in [3.8, 4) is 17.2 Å². The van der Waals surface area contributed by atoms with Crippen molar-refractivity contribution in [1.82, 2.24) is 0 Å². The summed E-state index contributed by atoms with van der Waals surface area (Å²) in [7, 11) is -3.68. The van der Waals surface area contributed by atoms with Gasteiger partial charge in [-0.1, -0.05) is 18.2 Å². The molecule has 28 heavy (non-hydrogen) atoms. The zero-order valence-corrected chi connectivity index (χ0v) is 16.5. The summed E-state index contributed by atoms with van der Waals surface area (Å²) in [6.07, 6.45) is 0. The number of benzene rings is 3. The Hall–Kier alpha value is -2.95. The number of nitrogens with two attached hydrogens (primary N) is 1. The molecule has 2 N–H and O–H groups in total. The van der Waals surface area contributed by atoms with Crippen molar-refractivity contribution in [2.24, 2.45) is 0 Å². The molecule has 5 nitrogen and oxygen atoms in total. The van der Waals surface area contributed by atoms with Gasteiger partial charge in [-0.3, -0.25) is 4.31 Å². The molecule has 0 bridgehead atoms. The van der Waals surface area contributed by atoms with Crippen molar-refractivity contribution in [2.75, 3.05) is 22.3 Å². The highest BCUT2D eigenvalue weighted by Gasteiger charge is 2.29. The molecule has 0 atom stereocenters. The Morgan fingerprint density at radius 2 is 1.64 bits per heavy atom. The lowest BCUT2D eigenvalue weighted by atomic mass is 10.0. The van der Waals surface area contributed by atoms with Crippen LogP contribution >= 0.6 is 11.8 Å². The van der Waals surface area contributed by atoms with Crippen molar-refractivity contribution in [1.29, 1.82) is 5.26 Å². The molecule has 0 aromatic heterocycles. The van der Waals surface area contributed by atoms with Crippen LogP contribution in [0.1, 0.15) is 5.56 Å². The average molecular weight is 408 g/mol. The lowest BCUT2D eigenvalue weighted by molar-refractivity contribution is 0.591. The molecule has 0 unspecified atom stereocenters. The number of fused-ring (bicyclic) bond motifs is 1. The minimum absolute atomic E-state index is 0.225. The standard InChI is InChI=1S/C21H17N3O2S2/c22-14-15-1-3-16(4-2-15)17-5-10-21-20(13-17)24(11-12-27-21)28(25,26)19-8-6-18(23)7-9-19/h1-10,13H,11-12,23H2. The van der Waals surface area contributed by atoms with Crippen LogP contribution in [-0.2, 0) is 10.0 Å². The minimum atomic E-state index is -3.68. The number of sulfonamides is 1. The van der Waals surface area contributed by atoms with Gasteiger partial charge in [-0.25, -0.2) is 8.42 Å². The Kier molecular flexibility index (Phi) is 4.75. The van der Waals surface area contributed by atoms with Crippen molar-refractivity contribution in [3.63, 3.8) is 0 Å². The van der Waals surface area contributed by atoms with E-state index in [2.05, 4.69) is 6.07 Å². The summed E-state index contributed by atoms with van der Waals surface area (Å²) < 4.78 is 27.9. The van der Waals surface area contributed by atoms with E-state index in [1.165, 1.54) is 16.4 Å². The Morgan fingerprint density at radius 3 is 2.32 bits per heavy atom. The van der Waals surface area contributed by atoms with E-state index < -0.39 is 10.0 Å². The molecule has 1 aliphatic rings.